The zero-order chi connectivity index (χ0) is 14.7. The van der Waals surface area contributed by atoms with Crippen LogP contribution in [0.3, 0.4) is 0 Å². The lowest BCUT2D eigenvalue weighted by Gasteiger charge is -2.09. The molecule has 0 spiro atoms. The van der Waals surface area contributed by atoms with E-state index in [0.717, 1.165) is 5.56 Å². The minimum atomic E-state index is -0.552. The Morgan fingerprint density at radius 2 is 2.10 bits per heavy atom. The van der Waals surface area contributed by atoms with E-state index in [1.165, 1.54) is 25.4 Å². The van der Waals surface area contributed by atoms with Crippen LogP contribution in [0, 0.1) is 17.0 Å². The summed E-state index contributed by atoms with van der Waals surface area (Å²) in [4.78, 5) is 14.5. The van der Waals surface area contributed by atoms with Gasteiger partial charge in [0.2, 0.25) is 11.6 Å². The van der Waals surface area contributed by atoms with Crippen molar-refractivity contribution in [2.75, 3.05) is 12.8 Å². The van der Waals surface area contributed by atoms with Crippen LogP contribution in [0.25, 0.3) is 0 Å². The number of nitro groups is 1. The summed E-state index contributed by atoms with van der Waals surface area (Å²) in [7, 11) is 1.43. The Hall–Kier alpha value is -2.83. The molecule has 1 aromatic carbocycles. The second kappa shape index (κ2) is 5.43. The van der Waals surface area contributed by atoms with Crippen LogP contribution in [0.2, 0.25) is 0 Å². The summed E-state index contributed by atoms with van der Waals surface area (Å²) < 4.78 is 10.4. The first-order valence-electron chi connectivity index (χ1n) is 5.74. The normalized spacial score (nSPS) is 10.1. The van der Waals surface area contributed by atoms with E-state index >= 15 is 0 Å². The van der Waals surface area contributed by atoms with Crippen molar-refractivity contribution in [3.8, 4) is 17.4 Å². The number of benzene rings is 1. The van der Waals surface area contributed by atoms with Gasteiger partial charge in [-0.1, -0.05) is 0 Å². The first kappa shape index (κ1) is 13.6. The average Bonchev–Trinajstić information content (AvgIpc) is 2.44. The van der Waals surface area contributed by atoms with Gasteiger partial charge in [-0.2, -0.15) is 0 Å². The van der Waals surface area contributed by atoms with Crippen LogP contribution in [0.4, 0.5) is 11.4 Å². The maximum Gasteiger partial charge on any atom is 0.315 e. The van der Waals surface area contributed by atoms with Crippen LogP contribution in [-0.2, 0) is 0 Å². The van der Waals surface area contributed by atoms with E-state index in [4.69, 9.17) is 15.2 Å². The van der Waals surface area contributed by atoms with E-state index < -0.39 is 4.92 Å². The molecule has 0 bridgehead atoms. The number of hydrogen-bond donors (Lipinski definition) is 1. The van der Waals surface area contributed by atoms with Gasteiger partial charge in [0.25, 0.3) is 0 Å². The topological polar surface area (TPSA) is 101 Å². The van der Waals surface area contributed by atoms with Crippen LogP contribution in [0.1, 0.15) is 5.56 Å². The Bertz CT molecular complexity index is 658. The number of hydrogen-bond acceptors (Lipinski definition) is 6. The van der Waals surface area contributed by atoms with Gasteiger partial charge in [0.05, 0.1) is 23.8 Å². The van der Waals surface area contributed by atoms with Gasteiger partial charge in [0.1, 0.15) is 5.75 Å². The molecule has 0 fully saturated rings. The molecule has 0 radical (unpaired) electrons. The zero-order valence-corrected chi connectivity index (χ0v) is 11.0. The van der Waals surface area contributed by atoms with Crippen molar-refractivity contribution in [3.05, 3.63) is 46.1 Å². The van der Waals surface area contributed by atoms with Gasteiger partial charge >= 0.3 is 5.69 Å². The fourth-order valence-electron chi connectivity index (χ4n) is 1.58. The average molecular weight is 275 g/mol. The summed E-state index contributed by atoms with van der Waals surface area (Å²) in [6, 6.07) is 6.01. The Balaban J connectivity index is 2.43. The molecule has 1 aromatic heterocycles. The lowest BCUT2D eigenvalue weighted by atomic mass is 10.2. The molecule has 0 unspecified atom stereocenters. The van der Waals surface area contributed by atoms with E-state index in [2.05, 4.69) is 4.98 Å². The maximum atomic E-state index is 11.1. The van der Waals surface area contributed by atoms with E-state index in [-0.39, 0.29) is 17.3 Å². The molecule has 104 valence electrons. The summed E-state index contributed by atoms with van der Waals surface area (Å²) in [5, 5.41) is 11.1. The Morgan fingerprint density at radius 3 is 2.75 bits per heavy atom. The fourth-order valence-corrected chi connectivity index (χ4v) is 1.58. The second-order valence-corrected chi connectivity index (χ2v) is 4.04. The largest absolute Gasteiger partial charge is 0.496 e. The number of nitro benzene ring substituents is 1. The van der Waals surface area contributed by atoms with Crippen molar-refractivity contribution in [1.29, 1.82) is 0 Å². The number of nitrogens with zero attached hydrogens (tertiary/aromatic N) is 2. The van der Waals surface area contributed by atoms with Crippen LogP contribution >= 0.6 is 0 Å². The molecule has 1 heterocycles. The zero-order valence-electron chi connectivity index (χ0n) is 11.0. The first-order chi connectivity index (χ1) is 9.52. The van der Waals surface area contributed by atoms with Crippen molar-refractivity contribution in [3.63, 3.8) is 0 Å². The van der Waals surface area contributed by atoms with E-state index in [0.29, 0.717) is 11.4 Å². The number of anilines is 1. The van der Waals surface area contributed by atoms with Crippen molar-refractivity contribution in [2.45, 2.75) is 6.92 Å². The van der Waals surface area contributed by atoms with Crippen LogP contribution in [0.5, 0.6) is 17.4 Å². The van der Waals surface area contributed by atoms with Gasteiger partial charge in [-0.3, -0.25) is 10.1 Å². The molecule has 0 aliphatic carbocycles. The van der Waals surface area contributed by atoms with Gasteiger partial charge in [0.15, 0.2) is 0 Å². The Labute approximate surface area is 115 Å². The SMILES string of the molecule is COc1ccc(Oc2nccc(C)c2N)c([N+](=O)[O-])c1. The highest BCUT2D eigenvalue weighted by atomic mass is 16.6. The number of rotatable bonds is 4. The summed E-state index contributed by atoms with van der Waals surface area (Å²) in [5.74, 6) is 0.563. The molecule has 7 heteroatoms. The number of methoxy groups -OCH3 is 1. The molecular weight excluding hydrogens is 262 g/mol. The highest BCUT2D eigenvalue weighted by Crippen LogP contribution is 2.35. The molecule has 2 N–H and O–H groups in total. The standard InChI is InChI=1S/C13H13N3O4/c1-8-5-6-15-13(12(8)14)20-11-4-3-9(19-2)7-10(11)16(17)18/h3-7H,14H2,1-2H3. The van der Waals surface area contributed by atoms with Crippen LogP contribution < -0.4 is 15.2 Å². The molecule has 20 heavy (non-hydrogen) atoms. The highest BCUT2D eigenvalue weighted by molar-refractivity contribution is 5.58. The van der Waals surface area contributed by atoms with Gasteiger partial charge in [-0.05, 0) is 30.7 Å². The maximum absolute atomic E-state index is 11.1. The summed E-state index contributed by atoms with van der Waals surface area (Å²) >= 11 is 0. The van der Waals surface area contributed by atoms with Crippen LogP contribution in [0.15, 0.2) is 30.5 Å². The number of aromatic nitrogens is 1. The molecule has 0 amide bonds. The van der Waals surface area contributed by atoms with E-state index in [1.807, 2.05) is 0 Å². The second-order valence-electron chi connectivity index (χ2n) is 4.04. The van der Waals surface area contributed by atoms with E-state index in [1.54, 1.807) is 19.1 Å². The molecule has 0 saturated heterocycles. The molecule has 2 rings (SSSR count). The van der Waals surface area contributed by atoms with Crippen molar-refractivity contribution < 1.29 is 14.4 Å². The third-order valence-corrected chi connectivity index (χ3v) is 2.74. The van der Waals surface area contributed by atoms with Crippen molar-refractivity contribution in [2.24, 2.45) is 0 Å². The predicted octanol–water partition coefficient (Wildman–Crippen LogP) is 2.68. The number of nitrogens with two attached hydrogens (primary N) is 1. The van der Waals surface area contributed by atoms with Gasteiger partial charge in [-0.15, -0.1) is 0 Å². The number of nitrogen functional groups attached to an aromatic ring is 1. The van der Waals surface area contributed by atoms with Crippen molar-refractivity contribution >= 4 is 11.4 Å². The highest BCUT2D eigenvalue weighted by Gasteiger charge is 2.18. The van der Waals surface area contributed by atoms with Gasteiger partial charge in [0, 0.05) is 6.20 Å². The van der Waals surface area contributed by atoms with Gasteiger partial charge < -0.3 is 15.2 Å². The fraction of sp³-hybridized carbons (Fsp3) is 0.154. The summed E-state index contributed by atoms with van der Waals surface area (Å²) in [6.07, 6.45) is 1.52. The lowest BCUT2D eigenvalue weighted by Crippen LogP contribution is -1.99. The molecule has 2 aromatic rings. The third-order valence-electron chi connectivity index (χ3n) is 2.74. The molecular formula is C13H13N3O4. The lowest BCUT2D eigenvalue weighted by molar-refractivity contribution is -0.385. The summed E-state index contributed by atoms with van der Waals surface area (Å²) in [5.41, 5.74) is 6.74. The molecule has 7 nitrogen and oxygen atoms in total. The number of ether oxygens (including phenoxy) is 2. The van der Waals surface area contributed by atoms with Crippen molar-refractivity contribution in [1.82, 2.24) is 4.98 Å². The third kappa shape index (κ3) is 2.61. The first-order valence-corrected chi connectivity index (χ1v) is 5.74. The minimum absolute atomic E-state index is 0.0561. The molecule has 0 saturated carbocycles. The number of pyridine rings is 1. The Morgan fingerprint density at radius 1 is 1.35 bits per heavy atom. The van der Waals surface area contributed by atoms with E-state index in [9.17, 15) is 10.1 Å². The van der Waals surface area contributed by atoms with Crippen LogP contribution in [-0.4, -0.2) is 17.0 Å². The quantitative estimate of drug-likeness (QED) is 0.680. The monoisotopic (exact) mass is 275 g/mol. The smallest absolute Gasteiger partial charge is 0.315 e. The minimum Gasteiger partial charge on any atom is -0.496 e. The molecule has 0 aliphatic heterocycles. The summed E-state index contributed by atoms with van der Waals surface area (Å²) in [6.45, 7) is 1.80. The molecule has 0 aliphatic rings. The molecule has 0 atom stereocenters. The Kier molecular flexibility index (Phi) is 3.69. The number of aryl methyl sites for hydroxylation is 1. The van der Waals surface area contributed by atoms with Gasteiger partial charge in [-0.25, -0.2) is 4.98 Å². The predicted molar refractivity (Wildman–Crippen MR) is 73.1 cm³/mol.